The molecule has 0 bridgehead atoms. The van der Waals surface area contributed by atoms with Gasteiger partial charge in [-0.15, -0.1) is 0 Å². The topological polar surface area (TPSA) is 66.8 Å². The molecule has 1 N–H and O–H groups in total. The third kappa shape index (κ3) is 5.62. The summed E-state index contributed by atoms with van der Waals surface area (Å²) in [5, 5.41) is 11.2. The highest BCUT2D eigenvalue weighted by molar-refractivity contribution is 6.30. The number of nitrogens with zero attached hydrogens (tertiary/aromatic N) is 1. The number of ether oxygens (including phenoxy) is 1. The van der Waals surface area contributed by atoms with Gasteiger partial charge in [-0.1, -0.05) is 71.8 Å². The number of carbonyl (C=O) groups is 2. The second-order valence-electron chi connectivity index (χ2n) is 8.48. The molecule has 1 aliphatic heterocycles. The van der Waals surface area contributed by atoms with Crippen molar-refractivity contribution in [2.75, 3.05) is 0 Å². The normalized spacial score (nSPS) is 21.1. The van der Waals surface area contributed by atoms with Gasteiger partial charge in [0.25, 0.3) is 5.91 Å². The van der Waals surface area contributed by atoms with Gasteiger partial charge in [-0.05, 0) is 60.0 Å². The van der Waals surface area contributed by atoms with E-state index in [2.05, 4.69) is 0 Å². The van der Waals surface area contributed by atoms with Gasteiger partial charge in [0.15, 0.2) is 0 Å². The Morgan fingerprint density at radius 3 is 2.08 bits per heavy atom. The van der Waals surface area contributed by atoms with E-state index < -0.39 is 42.0 Å². The van der Waals surface area contributed by atoms with Crippen molar-refractivity contribution >= 4 is 35.1 Å². The number of amides is 1. The van der Waals surface area contributed by atoms with Crippen molar-refractivity contribution in [2.45, 2.75) is 37.6 Å². The molecule has 4 rings (SSSR count). The summed E-state index contributed by atoms with van der Waals surface area (Å²) in [5.74, 6) is -2.04. The minimum absolute atomic E-state index is 0.148. The van der Waals surface area contributed by atoms with Crippen molar-refractivity contribution in [2.24, 2.45) is 0 Å². The van der Waals surface area contributed by atoms with Crippen molar-refractivity contribution in [3.8, 4) is 0 Å². The second kappa shape index (κ2) is 11.2. The van der Waals surface area contributed by atoms with E-state index in [0.29, 0.717) is 21.2 Å². The average molecular weight is 528 g/mol. The SMILES string of the molecule is C/C=C/[C@H](C(=O)O)N1C(=O)[C@H](Cc2ccc(F)cc2)O[C@@H](c2ccc(Cl)cc2)[C@H]1c1ccc(Cl)cc1. The summed E-state index contributed by atoms with van der Waals surface area (Å²) in [6.07, 6.45) is 1.52. The molecule has 0 radical (unpaired) electrons. The fourth-order valence-electron chi connectivity index (χ4n) is 4.42. The molecule has 1 fully saturated rings. The lowest BCUT2D eigenvalue weighted by Crippen LogP contribution is -2.56. The molecule has 4 atom stereocenters. The predicted molar refractivity (Wildman–Crippen MR) is 136 cm³/mol. The van der Waals surface area contributed by atoms with Crippen LogP contribution in [0.15, 0.2) is 84.9 Å². The number of halogens is 3. The molecule has 0 unspecified atom stereocenters. The van der Waals surface area contributed by atoms with Gasteiger partial charge >= 0.3 is 5.97 Å². The van der Waals surface area contributed by atoms with Crippen molar-refractivity contribution in [3.05, 3.63) is 118 Å². The van der Waals surface area contributed by atoms with Crippen LogP contribution in [0.4, 0.5) is 4.39 Å². The van der Waals surface area contributed by atoms with Crippen LogP contribution in [-0.4, -0.2) is 34.0 Å². The largest absolute Gasteiger partial charge is 0.479 e. The Kier molecular flexibility index (Phi) is 8.09. The summed E-state index contributed by atoms with van der Waals surface area (Å²) >= 11 is 12.2. The summed E-state index contributed by atoms with van der Waals surface area (Å²) in [5.41, 5.74) is 2.08. The van der Waals surface area contributed by atoms with Crippen molar-refractivity contribution in [3.63, 3.8) is 0 Å². The quantitative estimate of drug-likeness (QED) is 0.360. The highest BCUT2D eigenvalue weighted by Gasteiger charge is 2.48. The number of carbonyl (C=O) groups excluding carboxylic acids is 1. The number of benzene rings is 3. The van der Waals surface area contributed by atoms with Crippen LogP contribution in [0.2, 0.25) is 10.0 Å². The summed E-state index contributed by atoms with van der Waals surface area (Å²) in [7, 11) is 0. The average Bonchev–Trinajstić information content (AvgIpc) is 2.86. The molecule has 1 heterocycles. The maximum Gasteiger partial charge on any atom is 0.330 e. The van der Waals surface area contributed by atoms with Gasteiger partial charge in [-0.2, -0.15) is 0 Å². The van der Waals surface area contributed by atoms with E-state index in [-0.39, 0.29) is 6.42 Å². The Morgan fingerprint density at radius 1 is 1.00 bits per heavy atom. The van der Waals surface area contributed by atoms with Crippen LogP contribution < -0.4 is 0 Å². The van der Waals surface area contributed by atoms with Gasteiger partial charge in [0.1, 0.15) is 24.1 Å². The summed E-state index contributed by atoms with van der Waals surface area (Å²) in [4.78, 5) is 27.6. The molecule has 1 saturated heterocycles. The number of hydrogen-bond donors (Lipinski definition) is 1. The smallest absolute Gasteiger partial charge is 0.330 e. The standard InChI is InChI=1S/C28H24Cl2FNO4/c1-2-3-23(28(34)35)32-25(18-6-10-20(29)11-7-18)26(19-8-12-21(30)13-9-19)36-24(27(32)33)16-17-4-14-22(31)15-5-17/h2-15,23-26H,16H2,1H3,(H,34,35)/b3-2+/t23-,24+,25-,26+/m1/s1. The summed E-state index contributed by atoms with van der Waals surface area (Å²) < 4.78 is 19.9. The molecule has 0 spiro atoms. The van der Waals surface area contributed by atoms with Crippen molar-refractivity contribution in [1.29, 1.82) is 0 Å². The molecular weight excluding hydrogens is 504 g/mol. The Bertz CT molecular complexity index is 1250. The molecule has 1 amide bonds. The number of hydrogen-bond acceptors (Lipinski definition) is 3. The molecule has 3 aromatic rings. The minimum atomic E-state index is -1.24. The molecule has 3 aromatic carbocycles. The molecule has 1 aliphatic rings. The zero-order chi connectivity index (χ0) is 25.8. The fourth-order valence-corrected chi connectivity index (χ4v) is 4.68. The Balaban J connectivity index is 1.86. The third-order valence-corrected chi connectivity index (χ3v) is 6.60. The van der Waals surface area contributed by atoms with Crippen molar-refractivity contribution < 1.29 is 23.8 Å². The summed E-state index contributed by atoms with van der Waals surface area (Å²) in [6, 6.07) is 17.7. The lowest BCUT2D eigenvalue weighted by molar-refractivity contribution is -0.181. The van der Waals surface area contributed by atoms with Gasteiger partial charge in [0.2, 0.25) is 0 Å². The molecular formula is C28H24Cl2FNO4. The highest BCUT2D eigenvalue weighted by atomic mass is 35.5. The molecule has 8 heteroatoms. The number of morpholine rings is 1. The van der Waals surface area contributed by atoms with Gasteiger partial charge < -0.3 is 14.7 Å². The van der Waals surface area contributed by atoms with E-state index in [1.54, 1.807) is 73.7 Å². The highest BCUT2D eigenvalue weighted by Crippen LogP contribution is 2.44. The van der Waals surface area contributed by atoms with Gasteiger partial charge in [0, 0.05) is 16.5 Å². The number of allylic oxidation sites excluding steroid dienone is 1. The first-order valence-electron chi connectivity index (χ1n) is 11.4. The lowest BCUT2D eigenvalue weighted by atomic mass is 9.89. The van der Waals surface area contributed by atoms with Crippen LogP contribution in [0.3, 0.4) is 0 Å². The van der Waals surface area contributed by atoms with E-state index in [9.17, 15) is 19.1 Å². The Labute approximate surface area is 218 Å². The van der Waals surface area contributed by atoms with E-state index >= 15 is 0 Å². The van der Waals surface area contributed by atoms with Crippen LogP contribution in [-0.2, 0) is 20.7 Å². The first-order valence-corrected chi connectivity index (χ1v) is 12.1. The van der Waals surface area contributed by atoms with Crippen LogP contribution in [0.25, 0.3) is 0 Å². The number of carboxylic acids is 1. The number of rotatable bonds is 7. The number of carboxylic acid groups (broad SMARTS) is 1. The van der Waals surface area contributed by atoms with E-state index in [0.717, 1.165) is 5.56 Å². The summed E-state index contributed by atoms with van der Waals surface area (Å²) in [6.45, 7) is 1.70. The van der Waals surface area contributed by atoms with Gasteiger partial charge in [-0.3, -0.25) is 4.79 Å². The van der Waals surface area contributed by atoms with Crippen LogP contribution in [0, 0.1) is 5.82 Å². The minimum Gasteiger partial charge on any atom is -0.479 e. The second-order valence-corrected chi connectivity index (χ2v) is 9.35. The molecule has 0 aliphatic carbocycles. The van der Waals surface area contributed by atoms with Gasteiger partial charge in [0.05, 0.1) is 6.04 Å². The molecule has 36 heavy (non-hydrogen) atoms. The maximum absolute atomic E-state index is 13.9. The first kappa shape index (κ1) is 25.9. The zero-order valence-electron chi connectivity index (χ0n) is 19.4. The predicted octanol–water partition coefficient (Wildman–Crippen LogP) is 6.41. The van der Waals surface area contributed by atoms with Gasteiger partial charge in [-0.25, -0.2) is 9.18 Å². The Morgan fingerprint density at radius 2 is 1.56 bits per heavy atom. The van der Waals surface area contributed by atoms with Crippen LogP contribution in [0.1, 0.15) is 35.8 Å². The van der Waals surface area contributed by atoms with Crippen LogP contribution >= 0.6 is 23.2 Å². The maximum atomic E-state index is 13.9. The molecule has 0 aromatic heterocycles. The lowest BCUT2D eigenvalue weighted by Gasteiger charge is -2.46. The van der Waals surface area contributed by atoms with Crippen molar-refractivity contribution in [1.82, 2.24) is 4.90 Å². The van der Waals surface area contributed by atoms with E-state index in [4.69, 9.17) is 27.9 Å². The molecule has 5 nitrogen and oxygen atoms in total. The van der Waals surface area contributed by atoms with E-state index in [1.165, 1.54) is 23.1 Å². The van der Waals surface area contributed by atoms with E-state index in [1.807, 2.05) is 0 Å². The van der Waals surface area contributed by atoms with Crippen LogP contribution in [0.5, 0.6) is 0 Å². The fraction of sp³-hybridized carbons (Fsp3) is 0.214. The third-order valence-electron chi connectivity index (χ3n) is 6.10. The molecule has 186 valence electrons. The monoisotopic (exact) mass is 527 g/mol. The molecule has 0 saturated carbocycles. The zero-order valence-corrected chi connectivity index (χ0v) is 20.9. The number of aliphatic carboxylic acids is 1. The first-order chi connectivity index (χ1) is 17.3. The Hall–Kier alpha value is -3.19.